The molecule has 156 valence electrons. The van der Waals surface area contributed by atoms with Gasteiger partial charge in [0.05, 0.1) is 23.2 Å². The molecule has 2 aromatic carbocycles. The second-order valence-corrected chi connectivity index (χ2v) is 8.04. The van der Waals surface area contributed by atoms with E-state index in [1.807, 2.05) is 55.4 Å². The largest absolute Gasteiger partial charge is 0.493 e. The van der Waals surface area contributed by atoms with Crippen molar-refractivity contribution >= 4 is 45.0 Å². The lowest BCUT2D eigenvalue weighted by atomic mass is 10.2. The molecule has 5 nitrogen and oxygen atoms in total. The SMILES string of the molecule is Cc1cccc2sc(N(CCCN(C)C)C(=O)CCOc3ccccc3)nc12.Cl. The Kier molecular flexibility index (Phi) is 8.89. The van der Waals surface area contributed by atoms with E-state index in [1.165, 1.54) is 0 Å². The number of ether oxygens (including phenoxy) is 1. The van der Waals surface area contributed by atoms with E-state index in [1.54, 1.807) is 11.3 Å². The van der Waals surface area contributed by atoms with Crippen molar-refractivity contribution in [3.63, 3.8) is 0 Å². The first-order valence-corrected chi connectivity index (χ1v) is 10.4. The van der Waals surface area contributed by atoms with Crippen molar-refractivity contribution < 1.29 is 9.53 Å². The van der Waals surface area contributed by atoms with Crippen LogP contribution in [0.4, 0.5) is 5.13 Å². The van der Waals surface area contributed by atoms with Crippen LogP contribution in [-0.4, -0.2) is 49.6 Å². The van der Waals surface area contributed by atoms with Gasteiger partial charge >= 0.3 is 0 Å². The number of hydrogen-bond acceptors (Lipinski definition) is 5. The van der Waals surface area contributed by atoms with Gasteiger partial charge in [-0.05, 0) is 57.7 Å². The molecule has 0 aliphatic heterocycles. The number of carbonyl (C=O) groups is 1. The zero-order valence-electron chi connectivity index (χ0n) is 17.1. The third-order valence-corrected chi connectivity index (χ3v) is 5.50. The van der Waals surface area contributed by atoms with Gasteiger partial charge in [0.15, 0.2) is 5.13 Å². The molecule has 0 bridgehead atoms. The zero-order valence-corrected chi connectivity index (χ0v) is 18.8. The quantitative estimate of drug-likeness (QED) is 0.487. The van der Waals surface area contributed by atoms with Gasteiger partial charge in [-0.1, -0.05) is 41.7 Å². The van der Waals surface area contributed by atoms with Crippen molar-refractivity contribution in [3.05, 3.63) is 54.1 Å². The monoisotopic (exact) mass is 433 g/mol. The van der Waals surface area contributed by atoms with Gasteiger partial charge in [0, 0.05) is 6.54 Å². The number of aromatic nitrogens is 1. The Morgan fingerprint density at radius 3 is 2.52 bits per heavy atom. The van der Waals surface area contributed by atoms with Crippen LogP contribution in [0, 0.1) is 6.92 Å². The highest BCUT2D eigenvalue weighted by molar-refractivity contribution is 7.22. The summed E-state index contributed by atoms with van der Waals surface area (Å²) >= 11 is 1.58. The van der Waals surface area contributed by atoms with E-state index < -0.39 is 0 Å². The summed E-state index contributed by atoms with van der Waals surface area (Å²) in [5, 5.41) is 0.771. The summed E-state index contributed by atoms with van der Waals surface area (Å²) in [6, 6.07) is 15.7. The molecule has 29 heavy (non-hydrogen) atoms. The van der Waals surface area contributed by atoms with E-state index in [0.717, 1.165) is 39.6 Å². The van der Waals surface area contributed by atoms with E-state index in [2.05, 4.69) is 24.0 Å². The lowest BCUT2D eigenvalue weighted by Gasteiger charge is -2.21. The van der Waals surface area contributed by atoms with Crippen molar-refractivity contribution in [2.75, 3.05) is 38.7 Å². The first-order chi connectivity index (χ1) is 13.5. The van der Waals surface area contributed by atoms with E-state index in [-0.39, 0.29) is 18.3 Å². The molecule has 0 saturated heterocycles. The minimum absolute atomic E-state index is 0. The van der Waals surface area contributed by atoms with Crippen LogP contribution in [0.15, 0.2) is 48.5 Å². The molecule has 0 spiro atoms. The van der Waals surface area contributed by atoms with Crippen molar-refractivity contribution in [2.45, 2.75) is 19.8 Å². The van der Waals surface area contributed by atoms with Crippen LogP contribution < -0.4 is 9.64 Å². The average molecular weight is 434 g/mol. The van der Waals surface area contributed by atoms with Gasteiger partial charge in [-0.3, -0.25) is 9.69 Å². The van der Waals surface area contributed by atoms with Gasteiger partial charge in [0.1, 0.15) is 5.75 Å². The number of benzene rings is 2. The number of hydrogen-bond donors (Lipinski definition) is 0. The fourth-order valence-corrected chi connectivity index (χ4v) is 4.06. The molecule has 1 heterocycles. The van der Waals surface area contributed by atoms with Gasteiger partial charge in [-0.2, -0.15) is 0 Å². The van der Waals surface area contributed by atoms with Crippen LogP contribution in [0.1, 0.15) is 18.4 Å². The molecule has 7 heteroatoms. The third-order valence-electron chi connectivity index (χ3n) is 4.46. The van der Waals surface area contributed by atoms with Crippen LogP contribution in [-0.2, 0) is 4.79 Å². The lowest BCUT2D eigenvalue weighted by Crippen LogP contribution is -2.34. The summed E-state index contributed by atoms with van der Waals surface area (Å²) < 4.78 is 6.82. The number of para-hydroxylation sites is 2. The van der Waals surface area contributed by atoms with E-state index in [9.17, 15) is 4.79 Å². The fraction of sp³-hybridized carbons (Fsp3) is 0.364. The number of fused-ring (bicyclic) bond motifs is 1. The molecule has 3 aromatic rings. The Morgan fingerprint density at radius 1 is 1.07 bits per heavy atom. The molecule has 0 N–H and O–H groups in total. The van der Waals surface area contributed by atoms with E-state index >= 15 is 0 Å². The number of nitrogens with zero attached hydrogens (tertiary/aromatic N) is 3. The summed E-state index contributed by atoms with van der Waals surface area (Å²) in [4.78, 5) is 21.7. The standard InChI is InChI=1S/C22H27N3O2S.ClH/c1-17-9-7-12-19-21(17)23-22(28-19)25(15-8-14-24(2)3)20(26)13-16-27-18-10-5-4-6-11-18;/h4-7,9-12H,8,13-16H2,1-3H3;1H. The normalized spacial score (nSPS) is 10.8. The Balaban J connectivity index is 0.00000300. The second kappa shape index (κ2) is 11.1. The Labute approximate surface area is 182 Å². The molecular formula is C22H28ClN3O2S. The lowest BCUT2D eigenvalue weighted by molar-refractivity contribution is -0.119. The predicted molar refractivity (Wildman–Crippen MR) is 124 cm³/mol. The minimum atomic E-state index is 0. The summed E-state index contributed by atoms with van der Waals surface area (Å²) in [5.74, 6) is 0.830. The number of amides is 1. The predicted octanol–water partition coefficient (Wildman–Crippen LogP) is 4.78. The van der Waals surface area contributed by atoms with E-state index in [0.29, 0.717) is 19.6 Å². The van der Waals surface area contributed by atoms with Crippen LogP contribution in [0.2, 0.25) is 0 Å². The molecule has 0 fully saturated rings. The summed E-state index contributed by atoms with van der Waals surface area (Å²) in [6.07, 6.45) is 1.22. The van der Waals surface area contributed by atoms with Gasteiger partial charge in [-0.25, -0.2) is 4.98 Å². The molecule has 1 amide bonds. The molecule has 0 unspecified atom stereocenters. The number of thiazole rings is 1. The number of carbonyl (C=O) groups excluding carboxylic acids is 1. The number of aryl methyl sites for hydroxylation is 1. The number of halogens is 1. The summed E-state index contributed by atoms with van der Waals surface area (Å²) in [5.41, 5.74) is 2.11. The average Bonchev–Trinajstić information content (AvgIpc) is 3.11. The van der Waals surface area contributed by atoms with Crippen molar-refractivity contribution in [1.82, 2.24) is 9.88 Å². The molecule has 1 aromatic heterocycles. The molecule has 0 radical (unpaired) electrons. The van der Waals surface area contributed by atoms with Crippen LogP contribution in [0.5, 0.6) is 5.75 Å². The summed E-state index contributed by atoms with van der Waals surface area (Å²) in [7, 11) is 4.09. The molecule has 0 atom stereocenters. The van der Waals surface area contributed by atoms with Gasteiger partial charge in [-0.15, -0.1) is 12.4 Å². The second-order valence-electron chi connectivity index (χ2n) is 7.03. The Morgan fingerprint density at radius 2 is 1.83 bits per heavy atom. The maximum Gasteiger partial charge on any atom is 0.232 e. The Bertz CT molecular complexity index is 915. The highest BCUT2D eigenvalue weighted by atomic mass is 35.5. The molecule has 0 aliphatic rings. The van der Waals surface area contributed by atoms with Crippen LogP contribution in [0.3, 0.4) is 0 Å². The van der Waals surface area contributed by atoms with E-state index in [4.69, 9.17) is 9.72 Å². The van der Waals surface area contributed by atoms with Crippen molar-refractivity contribution in [2.24, 2.45) is 0 Å². The maximum atomic E-state index is 13.0. The molecule has 3 rings (SSSR count). The number of rotatable bonds is 9. The first-order valence-electron chi connectivity index (χ1n) is 9.53. The first kappa shape index (κ1) is 23.1. The summed E-state index contributed by atoms with van der Waals surface area (Å²) in [6.45, 7) is 3.99. The highest BCUT2D eigenvalue weighted by Gasteiger charge is 2.20. The van der Waals surface area contributed by atoms with Crippen LogP contribution in [0.25, 0.3) is 10.2 Å². The van der Waals surface area contributed by atoms with Crippen LogP contribution >= 0.6 is 23.7 Å². The van der Waals surface area contributed by atoms with Crippen molar-refractivity contribution in [1.29, 1.82) is 0 Å². The third kappa shape index (κ3) is 6.42. The smallest absolute Gasteiger partial charge is 0.232 e. The number of anilines is 1. The molecular weight excluding hydrogens is 406 g/mol. The zero-order chi connectivity index (χ0) is 19.9. The minimum Gasteiger partial charge on any atom is -0.493 e. The fourth-order valence-electron chi connectivity index (χ4n) is 2.97. The van der Waals surface area contributed by atoms with Gasteiger partial charge < -0.3 is 9.64 Å². The maximum absolute atomic E-state index is 13.0. The highest BCUT2D eigenvalue weighted by Crippen LogP contribution is 2.31. The van der Waals surface area contributed by atoms with Crippen molar-refractivity contribution in [3.8, 4) is 5.75 Å². The van der Waals surface area contributed by atoms with Gasteiger partial charge in [0.2, 0.25) is 5.91 Å². The topological polar surface area (TPSA) is 45.7 Å². The Hall–Kier alpha value is -2.15. The van der Waals surface area contributed by atoms with Gasteiger partial charge in [0.25, 0.3) is 0 Å². The molecule has 0 aliphatic carbocycles. The molecule has 0 saturated carbocycles.